The molecule has 0 radical (unpaired) electrons. The van der Waals surface area contributed by atoms with E-state index in [4.69, 9.17) is 0 Å². The first-order valence-corrected chi connectivity index (χ1v) is 6.58. The van der Waals surface area contributed by atoms with Crippen molar-refractivity contribution in [2.45, 2.75) is 25.3 Å². The van der Waals surface area contributed by atoms with E-state index in [1.165, 1.54) is 11.3 Å². The van der Waals surface area contributed by atoms with Crippen LogP contribution in [0.25, 0.3) is 0 Å². The SMILES string of the molecule is CN1CCc2cc(NC(=O)C3CCC(=O)N3)ccc21. The van der Waals surface area contributed by atoms with Crippen molar-refractivity contribution in [1.29, 1.82) is 0 Å². The van der Waals surface area contributed by atoms with Crippen molar-refractivity contribution in [2.75, 3.05) is 23.8 Å². The number of nitrogens with zero attached hydrogens (tertiary/aromatic N) is 1. The maximum absolute atomic E-state index is 12.0. The number of likely N-dealkylation sites (N-methyl/N-ethyl adjacent to an activating group) is 1. The molecule has 3 rings (SSSR count). The fraction of sp³-hybridized carbons (Fsp3) is 0.429. The zero-order valence-corrected chi connectivity index (χ0v) is 10.9. The first-order valence-electron chi connectivity index (χ1n) is 6.58. The Hall–Kier alpha value is -2.04. The van der Waals surface area contributed by atoms with Crippen LogP contribution in [0.1, 0.15) is 18.4 Å². The van der Waals surface area contributed by atoms with Crippen molar-refractivity contribution >= 4 is 23.2 Å². The first kappa shape index (κ1) is 12.0. The van der Waals surface area contributed by atoms with Crippen LogP contribution in [-0.2, 0) is 16.0 Å². The van der Waals surface area contributed by atoms with E-state index in [2.05, 4.69) is 22.6 Å². The van der Waals surface area contributed by atoms with E-state index in [1.54, 1.807) is 0 Å². The third kappa shape index (κ3) is 2.28. The molecule has 1 aromatic rings. The van der Waals surface area contributed by atoms with Gasteiger partial charge in [0.15, 0.2) is 0 Å². The summed E-state index contributed by atoms with van der Waals surface area (Å²) in [6.07, 6.45) is 2.03. The normalized spacial score (nSPS) is 21.2. The number of fused-ring (bicyclic) bond motifs is 1. The molecule has 0 aliphatic carbocycles. The number of nitrogens with one attached hydrogen (secondary N) is 2. The van der Waals surface area contributed by atoms with Crippen LogP contribution in [0, 0.1) is 0 Å². The first-order chi connectivity index (χ1) is 9.13. The highest BCUT2D eigenvalue weighted by Gasteiger charge is 2.27. The number of hydrogen-bond donors (Lipinski definition) is 2. The number of hydrogen-bond acceptors (Lipinski definition) is 3. The predicted octanol–water partition coefficient (Wildman–Crippen LogP) is 0.896. The van der Waals surface area contributed by atoms with Gasteiger partial charge >= 0.3 is 0 Å². The Kier molecular flexibility index (Phi) is 2.89. The summed E-state index contributed by atoms with van der Waals surface area (Å²) in [4.78, 5) is 25.3. The van der Waals surface area contributed by atoms with E-state index in [0.717, 1.165) is 18.7 Å². The molecule has 2 aliphatic rings. The number of anilines is 2. The third-order valence-electron chi connectivity index (χ3n) is 3.79. The second-order valence-corrected chi connectivity index (χ2v) is 5.16. The molecule has 1 unspecified atom stereocenters. The van der Waals surface area contributed by atoms with Gasteiger partial charge in [0.1, 0.15) is 6.04 Å². The predicted molar refractivity (Wildman–Crippen MR) is 73.2 cm³/mol. The number of rotatable bonds is 2. The minimum Gasteiger partial charge on any atom is -0.374 e. The minimum atomic E-state index is -0.386. The monoisotopic (exact) mass is 259 g/mol. The Balaban J connectivity index is 1.70. The lowest BCUT2D eigenvalue weighted by molar-refractivity contribution is -0.122. The van der Waals surface area contributed by atoms with Gasteiger partial charge in [-0.1, -0.05) is 0 Å². The minimum absolute atomic E-state index is 0.0456. The van der Waals surface area contributed by atoms with E-state index in [-0.39, 0.29) is 17.9 Å². The standard InChI is InChI=1S/C14H17N3O2/c1-17-7-6-9-8-10(2-4-12(9)17)15-14(19)11-3-5-13(18)16-11/h2,4,8,11H,3,5-7H2,1H3,(H,15,19)(H,16,18). The molecule has 0 bridgehead atoms. The lowest BCUT2D eigenvalue weighted by Gasteiger charge is -2.14. The molecule has 0 saturated carbocycles. The highest BCUT2D eigenvalue weighted by Crippen LogP contribution is 2.29. The number of carbonyl (C=O) groups is 2. The summed E-state index contributed by atoms with van der Waals surface area (Å²) in [5.41, 5.74) is 3.29. The van der Waals surface area contributed by atoms with Crippen molar-refractivity contribution in [3.63, 3.8) is 0 Å². The quantitative estimate of drug-likeness (QED) is 0.829. The summed E-state index contributed by atoms with van der Waals surface area (Å²) in [6, 6.07) is 5.58. The largest absolute Gasteiger partial charge is 0.374 e. The van der Waals surface area contributed by atoms with Crippen LogP contribution in [0.3, 0.4) is 0 Å². The van der Waals surface area contributed by atoms with Gasteiger partial charge in [-0.05, 0) is 36.6 Å². The van der Waals surface area contributed by atoms with Crippen LogP contribution >= 0.6 is 0 Å². The molecule has 5 nitrogen and oxygen atoms in total. The van der Waals surface area contributed by atoms with E-state index in [0.29, 0.717) is 12.8 Å². The topological polar surface area (TPSA) is 61.4 Å². The summed E-state index contributed by atoms with van der Waals surface area (Å²) in [5, 5.41) is 5.55. The molecular formula is C14H17N3O2. The smallest absolute Gasteiger partial charge is 0.246 e. The van der Waals surface area contributed by atoms with Crippen LogP contribution < -0.4 is 15.5 Å². The maximum Gasteiger partial charge on any atom is 0.246 e. The van der Waals surface area contributed by atoms with Gasteiger partial charge in [0.05, 0.1) is 0 Å². The number of carbonyl (C=O) groups excluding carboxylic acids is 2. The average Bonchev–Trinajstić information content (AvgIpc) is 2.97. The van der Waals surface area contributed by atoms with Crippen LogP contribution in [0.5, 0.6) is 0 Å². The Morgan fingerprint density at radius 3 is 3.00 bits per heavy atom. The van der Waals surface area contributed by atoms with Crippen molar-refractivity contribution in [1.82, 2.24) is 5.32 Å². The Labute approximate surface area is 112 Å². The molecule has 0 spiro atoms. The molecular weight excluding hydrogens is 242 g/mol. The van der Waals surface area contributed by atoms with E-state index in [1.807, 2.05) is 18.2 Å². The molecule has 19 heavy (non-hydrogen) atoms. The van der Waals surface area contributed by atoms with Gasteiger partial charge in [0, 0.05) is 31.4 Å². The van der Waals surface area contributed by atoms with Gasteiger partial charge in [-0.3, -0.25) is 9.59 Å². The summed E-state index contributed by atoms with van der Waals surface area (Å²) >= 11 is 0. The van der Waals surface area contributed by atoms with Crippen LogP contribution in [0.15, 0.2) is 18.2 Å². The van der Waals surface area contributed by atoms with E-state index < -0.39 is 0 Å². The van der Waals surface area contributed by atoms with Gasteiger partial charge < -0.3 is 15.5 Å². The number of amides is 2. The second kappa shape index (κ2) is 4.57. The van der Waals surface area contributed by atoms with E-state index in [9.17, 15) is 9.59 Å². The average molecular weight is 259 g/mol. The third-order valence-corrected chi connectivity index (χ3v) is 3.79. The summed E-state index contributed by atoms with van der Waals surface area (Å²) in [7, 11) is 2.07. The molecule has 1 fully saturated rings. The van der Waals surface area contributed by atoms with Gasteiger partial charge in [-0.25, -0.2) is 0 Å². The van der Waals surface area contributed by atoms with Gasteiger partial charge in [0.2, 0.25) is 11.8 Å². The molecule has 1 saturated heterocycles. The maximum atomic E-state index is 12.0. The van der Waals surface area contributed by atoms with Crippen molar-refractivity contribution < 1.29 is 9.59 Å². The van der Waals surface area contributed by atoms with Crippen LogP contribution in [0.4, 0.5) is 11.4 Å². The molecule has 0 aromatic heterocycles. The fourth-order valence-electron chi connectivity index (χ4n) is 2.68. The Morgan fingerprint density at radius 1 is 1.42 bits per heavy atom. The molecule has 2 aliphatic heterocycles. The van der Waals surface area contributed by atoms with Crippen molar-refractivity contribution in [2.24, 2.45) is 0 Å². The van der Waals surface area contributed by atoms with Gasteiger partial charge in [0.25, 0.3) is 0 Å². The molecule has 100 valence electrons. The fourth-order valence-corrected chi connectivity index (χ4v) is 2.68. The Bertz CT molecular complexity index is 541. The molecule has 2 heterocycles. The number of benzene rings is 1. The van der Waals surface area contributed by atoms with Gasteiger partial charge in [-0.15, -0.1) is 0 Å². The van der Waals surface area contributed by atoms with Gasteiger partial charge in [-0.2, -0.15) is 0 Å². The van der Waals surface area contributed by atoms with Crippen LogP contribution in [0.2, 0.25) is 0 Å². The Morgan fingerprint density at radius 2 is 2.26 bits per heavy atom. The summed E-state index contributed by atoms with van der Waals surface area (Å²) in [5.74, 6) is -0.173. The molecule has 1 atom stereocenters. The highest BCUT2D eigenvalue weighted by atomic mass is 16.2. The molecule has 2 N–H and O–H groups in total. The molecule has 1 aromatic carbocycles. The summed E-state index contributed by atoms with van der Waals surface area (Å²) < 4.78 is 0. The highest BCUT2D eigenvalue weighted by molar-refractivity contribution is 5.99. The van der Waals surface area contributed by atoms with Crippen molar-refractivity contribution in [3.05, 3.63) is 23.8 Å². The zero-order chi connectivity index (χ0) is 13.4. The zero-order valence-electron chi connectivity index (χ0n) is 10.9. The van der Waals surface area contributed by atoms with E-state index >= 15 is 0 Å². The molecule has 2 amide bonds. The lowest BCUT2D eigenvalue weighted by atomic mass is 10.1. The van der Waals surface area contributed by atoms with Crippen LogP contribution in [-0.4, -0.2) is 31.4 Å². The lowest BCUT2D eigenvalue weighted by Crippen LogP contribution is -2.37. The summed E-state index contributed by atoms with van der Waals surface area (Å²) in [6.45, 7) is 1.02. The second-order valence-electron chi connectivity index (χ2n) is 5.16. The molecule has 5 heteroatoms. The van der Waals surface area contributed by atoms with Crippen molar-refractivity contribution in [3.8, 4) is 0 Å².